The number of carbonyl (C=O) groups excluding carboxylic acids is 1. The minimum atomic E-state index is -0.565. The molecule has 172 valence electrons. The minimum Gasteiger partial charge on any atom is -0.493 e. The van der Waals surface area contributed by atoms with Crippen LogP contribution >= 0.6 is 11.8 Å². The molecular weight excluding hydrogens is 449 g/mol. The molecule has 3 aromatic rings. The van der Waals surface area contributed by atoms with Crippen molar-refractivity contribution in [2.45, 2.75) is 23.2 Å². The largest absolute Gasteiger partial charge is 0.493 e. The topological polar surface area (TPSA) is 103 Å². The van der Waals surface area contributed by atoms with Crippen molar-refractivity contribution in [2.75, 3.05) is 26.6 Å². The van der Waals surface area contributed by atoms with Crippen LogP contribution in [-0.2, 0) is 10.5 Å². The van der Waals surface area contributed by atoms with Crippen molar-refractivity contribution in [3.05, 3.63) is 69.3 Å². The molecule has 1 aromatic heterocycles. The lowest BCUT2D eigenvalue weighted by Crippen LogP contribution is -2.31. The number of anilines is 1. The van der Waals surface area contributed by atoms with Crippen molar-refractivity contribution in [3.63, 3.8) is 0 Å². The predicted octanol–water partition coefficient (Wildman–Crippen LogP) is 3.70. The van der Waals surface area contributed by atoms with Crippen molar-refractivity contribution in [1.82, 2.24) is 9.97 Å². The maximum Gasteiger partial charge on any atom is 0.257 e. The number of ether oxygens (including phenoxy) is 3. The Balaban J connectivity index is 1.72. The van der Waals surface area contributed by atoms with E-state index in [0.29, 0.717) is 33.9 Å². The van der Waals surface area contributed by atoms with Crippen LogP contribution in [-0.4, -0.2) is 37.2 Å². The van der Waals surface area contributed by atoms with E-state index in [4.69, 9.17) is 14.2 Å². The van der Waals surface area contributed by atoms with E-state index in [9.17, 15) is 14.0 Å². The fraction of sp³-hybridized carbons (Fsp3) is 0.261. The summed E-state index contributed by atoms with van der Waals surface area (Å²) >= 11 is 1.18. The summed E-state index contributed by atoms with van der Waals surface area (Å²) in [5.74, 6) is 0.538. The highest BCUT2D eigenvalue weighted by atomic mass is 32.2. The van der Waals surface area contributed by atoms with Crippen LogP contribution in [0.1, 0.15) is 29.0 Å². The standard InChI is InChI=1S/C23H22FN3O5S/c1-30-16-8-13(9-17(31-2)20(16)32-3)14-10-18(28)25-21-19(14)22(29)27-23(26-21)33-11-12-6-4-5-7-15(12)24/h4-9,14H,10-11H2,1-3H3,(H2,25,26,27,28,29). The van der Waals surface area contributed by atoms with E-state index >= 15 is 0 Å². The van der Waals surface area contributed by atoms with E-state index in [1.54, 1.807) is 30.3 Å². The molecule has 0 radical (unpaired) electrons. The number of nitrogens with one attached hydrogen (secondary N) is 2. The van der Waals surface area contributed by atoms with Crippen LogP contribution in [0.4, 0.5) is 10.2 Å². The minimum absolute atomic E-state index is 0.0537. The molecule has 1 amide bonds. The summed E-state index contributed by atoms with van der Waals surface area (Å²) in [6, 6.07) is 9.83. The van der Waals surface area contributed by atoms with Gasteiger partial charge in [0.2, 0.25) is 11.7 Å². The SMILES string of the molecule is COc1cc(C2CC(=O)Nc3nc(SCc4ccccc4F)[nH]c(=O)c32)cc(OC)c1OC. The summed E-state index contributed by atoms with van der Waals surface area (Å²) in [6.45, 7) is 0. The number of fused-ring (bicyclic) bond motifs is 1. The van der Waals surface area contributed by atoms with Crippen LogP contribution in [0.25, 0.3) is 0 Å². The molecule has 8 nitrogen and oxygen atoms in total. The second-order valence-corrected chi connectivity index (χ2v) is 8.24. The molecule has 1 aliphatic rings. The first-order valence-corrected chi connectivity index (χ1v) is 11.0. The number of aromatic nitrogens is 2. The van der Waals surface area contributed by atoms with Gasteiger partial charge in [0.15, 0.2) is 16.7 Å². The lowest BCUT2D eigenvalue weighted by Gasteiger charge is -2.25. The average Bonchev–Trinajstić information content (AvgIpc) is 2.81. The van der Waals surface area contributed by atoms with E-state index < -0.39 is 5.92 Å². The third-order valence-corrected chi connectivity index (χ3v) is 6.26. The van der Waals surface area contributed by atoms with Gasteiger partial charge in [0, 0.05) is 18.1 Å². The fourth-order valence-corrected chi connectivity index (χ4v) is 4.61. The number of carbonyl (C=O) groups is 1. The van der Waals surface area contributed by atoms with Crippen LogP contribution < -0.4 is 25.1 Å². The van der Waals surface area contributed by atoms with Gasteiger partial charge in [-0.05, 0) is 29.3 Å². The quantitative estimate of drug-likeness (QED) is 0.400. The third-order valence-electron chi connectivity index (χ3n) is 5.34. The van der Waals surface area contributed by atoms with E-state index in [1.165, 1.54) is 39.2 Å². The summed E-state index contributed by atoms with van der Waals surface area (Å²) in [5, 5.41) is 2.97. The maximum atomic E-state index is 13.9. The van der Waals surface area contributed by atoms with E-state index in [0.717, 1.165) is 0 Å². The monoisotopic (exact) mass is 471 g/mol. The van der Waals surface area contributed by atoms with Gasteiger partial charge in [-0.3, -0.25) is 9.59 Å². The number of benzene rings is 2. The number of hydrogen-bond donors (Lipinski definition) is 2. The molecule has 1 aliphatic heterocycles. The predicted molar refractivity (Wildman–Crippen MR) is 122 cm³/mol. The van der Waals surface area contributed by atoms with Crippen molar-refractivity contribution in [2.24, 2.45) is 0 Å². The highest BCUT2D eigenvalue weighted by Crippen LogP contribution is 2.43. The molecule has 2 N–H and O–H groups in total. The molecule has 1 atom stereocenters. The summed E-state index contributed by atoms with van der Waals surface area (Å²) in [7, 11) is 4.49. The maximum absolute atomic E-state index is 13.9. The van der Waals surface area contributed by atoms with Gasteiger partial charge in [0.05, 0.1) is 26.9 Å². The number of thioether (sulfide) groups is 1. The average molecular weight is 472 g/mol. The lowest BCUT2D eigenvalue weighted by atomic mass is 9.86. The number of halogens is 1. The highest BCUT2D eigenvalue weighted by molar-refractivity contribution is 7.98. The molecule has 0 aliphatic carbocycles. The summed E-state index contributed by atoms with van der Waals surface area (Å²) in [6.07, 6.45) is 0.0537. The Morgan fingerprint density at radius 1 is 1.09 bits per heavy atom. The highest BCUT2D eigenvalue weighted by Gasteiger charge is 2.32. The Morgan fingerprint density at radius 2 is 1.79 bits per heavy atom. The zero-order valence-electron chi connectivity index (χ0n) is 18.2. The molecule has 10 heteroatoms. The van der Waals surface area contributed by atoms with Crippen LogP contribution in [0.2, 0.25) is 0 Å². The molecule has 33 heavy (non-hydrogen) atoms. The van der Waals surface area contributed by atoms with Gasteiger partial charge in [-0.25, -0.2) is 9.37 Å². The number of amides is 1. The molecule has 2 aromatic carbocycles. The van der Waals surface area contributed by atoms with Crippen molar-refractivity contribution in [3.8, 4) is 17.2 Å². The number of rotatable bonds is 7. The smallest absolute Gasteiger partial charge is 0.257 e. The first-order valence-electron chi connectivity index (χ1n) is 10.0. The number of hydrogen-bond acceptors (Lipinski definition) is 7. The Bertz CT molecular complexity index is 1240. The molecule has 1 unspecified atom stereocenters. The molecule has 0 saturated carbocycles. The summed E-state index contributed by atoms with van der Waals surface area (Å²) in [4.78, 5) is 32.7. The molecule has 4 rings (SSSR count). The Labute approximate surface area is 193 Å². The number of nitrogens with zero attached hydrogens (tertiary/aromatic N) is 1. The van der Waals surface area contributed by atoms with Crippen LogP contribution in [0, 0.1) is 5.82 Å². The Hall–Kier alpha value is -3.53. The zero-order chi connectivity index (χ0) is 23.5. The molecule has 0 saturated heterocycles. The molecular formula is C23H22FN3O5S. The number of methoxy groups -OCH3 is 3. The Morgan fingerprint density at radius 3 is 2.42 bits per heavy atom. The fourth-order valence-electron chi connectivity index (χ4n) is 3.77. The zero-order valence-corrected chi connectivity index (χ0v) is 19.0. The summed E-state index contributed by atoms with van der Waals surface area (Å²) in [5.41, 5.74) is 1.09. The second-order valence-electron chi connectivity index (χ2n) is 7.28. The first kappa shape index (κ1) is 22.7. The number of aromatic amines is 1. The third kappa shape index (κ3) is 4.51. The van der Waals surface area contributed by atoms with Gasteiger partial charge in [-0.2, -0.15) is 0 Å². The van der Waals surface area contributed by atoms with Gasteiger partial charge in [-0.15, -0.1) is 0 Å². The molecule has 0 spiro atoms. The van der Waals surface area contributed by atoms with Crippen LogP contribution in [0.15, 0.2) is 46.3 Å². The van der Waals surface area contributed by atoms with E-state index in [2.05, 4.69) is 15.3 Å². The summed E-state index contributed by atoms with van der Waals surface area (Å²) < 4.78 is 30.1. The van der Waals surface area contributed by atoms with Gasteiger partial charge in [-0.1, -0.05) is 30.0 Å². The van der Waals surface area contributed by atoms with E-state index in [-0.39, 0.29) is 40.4 Å². The Kier molecular flexibility index (Phi) is 6.55. The van der Waals surface area contributed by atoms with Crippen molar-refractivity contribution < 1.29 is 23.4 Å². The van der Waals surface area contributed by atoms with Crippen LogP contribution in [0.5, 0.6) is 17.2 Å². The number of H-pyrrole nitrogens is 1. The first-order chi connectivity index (χ1) is 15.9. The van der Waals surface area contributed by atoms with Crippen molar-refractivity contribution in [1.29, 1.82) is 0 Å². The van der Waals surface area contributed by atoms with Gasteiger partial charge < -0.3 is 24.5 Å². The molecule has 0 bridgehead atoms. The van der Waals surface area contributed by atoms with Gasteiger partial charge in [0.25, 0.3) is 5.56 Å². The van der Waals surface area contributed by atoms with Crippen molar-refractivity contribution >= 4 is 23.5 Å². The normalized spacial score (nSPS) is 14.9. The van der Waals surface area contributed by atoms with Crippen LogP contribution in [0.3, 0.4) is 0 Å². The van der Waals surface area contributed by atoms with E-state index in [1.807, 2.05) is 0 Å². The van der Waals surface area contributed by atoms with Gasteiger partial charge >= 0.3 is 0 Å². The van der Waals surface area contributed by atoms with Gasteiger partial charge in [0.1, 0.15) is 11.6 Å². The molecule has 0 fully saturated rings. The lowest BCUT2D eigenvalue weighted by molar-refractivity contribution is -0.116. The molecule has 2 heterocycles. The second kappa shape index (κ2) is 9.53.